The number of anilines is 1. The van der Waals surface area contributed by atoms with Gasteiger partial charge in [-0.15, -0.1) is 11.6 Å². The van der Waals surface area contributed by atoms with Crippen LogP contribution in [0.25, 0.3) is 0 Å². The summed E-state index contributed by atoms with van der Waals surface area (Å²) in [6, 6.07) is 4.13. The van der Waals surface area contributed by atoms with Crippen LogP contribution in [0.2, 0.25) is 0 Å². The predicted octanol–water partition coefficient (Wildman–Crippen LogP) is 2.74. The van der Waals surface area contributed by atoms with E-state index in [1.165, 1.54) is 0 Å². The number of ether oxygens (including phenoxy) is 1. The van der Waals surface area contributed by atoms with Crippen LogP contribution >= 0.6 is 11.6 Å². The smallest absolute Gasteiger partial charge is 0.129 e. The molecular formula is C13H19ClN2O. The number of hydrogen-bond acceptors (Lipinski definition) is 3. The third-order valence-corrected chi connectivity index (χ3v) is 3.56. The van der Waals surface area contributed by atoms with E-state index >= 15 is 0 Å². The molecular weight excluding hydrogens is 236 g/mol. The van der Waals surface area contributed by atoms with Crippen molar-refractivity contribution in [2.45, 2.75) is 31.7 Å². The Balaban J connectivity index is 2.10. The normalized spacial score (nSPS) is 17.5. The average molecular weight is 255 g/mol. The monoisotopic (exact) mass is 254 g/mol. The molecule has 94 valence electrons. The lowest BCUT2D eigenvalue weighted by Crippen LogP contribution is -2.37. The van der Waals surface area contributed by atoms with Crippen molar-refractivity contribution in [3.05, 3.63) is 23.4 Å². The number of hydrogen-bond donors (Lipinski definition) is 0. The maximum absolute atomic E-state index is 5.89. The van der Waals surface area contributed by atoms with Gasteiger partial charge in [0.2, 0.25) is 0 Å². The topological polar surface area (TPSA) is 25.4 Å². The molecule has 0 radical (unpaired) electrons. The highest BCUT2D eigenvalue weighted by molar-refractivity contribution is 6.17. The fraction of sp³-hybridized carbons (Fsp3) is 0.615. The zero-order valence-electron chi connectivity index (χ0n) is 10.4. The highest BCUT2D eigenvalue weighted by atomic mass is 35.5. The average Bonchev–Trinajstić information content (AvgIpc) is 2.38. The van der Waals surface area contributed by atoms with Crippen molar-refractivity contribution in [1.29, 1.82) is 0 Å². The van der Waals surface area contributed by atoms with Crippen LogP contribution < -0.4 is 4.90 Å². The van der Waals surface area contributed by atoms with Gasteiger partial charge in [0, 0.05) is 31.8 Å². The second kappa shape index (κ2) is 5.69. The Hall–Kier alpha value is -0.800. The molecule has 0 aliphatic carbocycles. The number of alkyl halides is 1. The molecule has 0 atom stereocenters. The molecule has 0 unspecified atom stereocenters. The quantitative estimate of drug-likeness (QED) is 0.776. The molecule has 1 aliphatic heterocycles. The van der Waals surface area contributed by atoms with E-state index in [9.17, 15) is 0 Å². The van der Waals surface area contributed by atoms with E-state index in [4.69, 9.17) is 16.3 Å². The van der Waals surface area contributed by atoms with Gasteiger partial charge in [0.05, 0.1) is 6.10 Å². The molecule has 1 saturated heterocycles. The van der Waals surface area contributed by atoms with Gasteiger partial charge in [0.15, 0.2) is 0 Å². The lowest BCUT2D eigenvalue weighted by Gasteiger charge is -2.32. The first-order chi connectivity index (χ1) is 8.22. The number of methoxy groups -OCH3 is 1. The molecule has 0 saturated carbocycles. The Labute approximate surface area is 108 Å². The fourth-order valence-electron chi connectivity index (χ4n) is 2.28. The second-order valence-corrected chi connectivity index (χ2v) is 4.80. The lowest BCUT2D eigenvalue weighted by molar-refractivity contribution is 0.0818. The Morgan fingerprint density at radius 2 is 2.12 bits per heavy atom. The van der Waals surface area contributed by atoms with Crippen LogP contribution in [0, 0.1) is 6.92 Å². The Bertz CT molecular complexity index is 376. The lowest BCUT2D eigenvalue weighted by atomic mass is 10.1. The largest absolute Gasteiger partial charge is 0.381 e. The first-order valence-electron chi connectivity index (χ1n) is 6.04. The zero-order valence-corrected chi connectivity index (χ0v) is 11.2. The van der Waals surface area contributed by atoms with Gasteiger partial charge in [0.25, 0.3) is 0 Å². The van der Waals surface area contributed by atoms with Gasteiger partial charge >= 0.3 is 0 Å². The standard InChI is InChI=1S/C13H19ClN2O/c1-10-7-11(9-14)8-13(15-10)16-5-3-12(17-2)4-6-16/h7-8,12H,3-6,9H2,1-2H3. The summed E-state index contributed by atoms with van der Waals surface area (Å²) in [6.07, 6.45) is 2.55. The fourth-order valence-corrected chi connectivity index (χ4v) is 2.44. The van der Waals surface area contributed by atoms with Crippen LogP contribution in [0.4, 0.5) is 5.82 Å². The van der Waals surface area contributed by atoms with Crippen molar-refractivity contribution in [2.75, 3.05) is 25.1 Å². The first-order valence-corrected chi connectivity index (χ1v) is 6.57. The van der Waals surface area contributed by atoms with Crippen molar-refractivity contribution in [2.24, 2.45) is 0 Å². The third kappa shape index (κ3) is 3.11. The minimum absolute atomic E-state index is 0.406. The van der Waals surface area contributed by atoms with Crippen LogP contribution in [-0.4, -0.2) is 31.3 Å². The van der Waals surface area contributed by atoms with Crippen molar-refractivity contribution in [3.63, 3.8) is 0 Å². The van der Waals surface area contributed by atoms with Crippen LogP contribution in [0.15, 0.2) is 12.1 Å². The number of aromatic nitrogens is 1. The summed E-state index contributed by atoms with van der Waals surface area (Å²) in [6.45, 7) is 4.04. The summed E-state index contributed by atoms with van der Waals surface area (Å²) in [7, 11) is 1.79. The van der Waals surface area contributed by atoms with Crippen molar-refractivity contribution >= 4 is 17.4 Å². The highest BCUT2D eigenvalue weighted by Gasteiger charge is 2.19. The highest BCUT2D eigenvalue weighted by Crippen LogP contribution is 2.21. The molecule has 17 heavy (non-hydrogen) atoms. The van der Waals surface area contributed by atoms with Crippen LogP contribution in [0.3, 0.4) is 0 Å². The molecule has 1 fully saturated rings. The molecule has 0 amide bonds. The Kier molecular flexibility index (Phi) is 4.24. The summed E-state index contributed by atoms with van der Waals surface area (Å²) in [5.41, 5.74) is 2.18. The van der Waals surface area contributed by atoms with E-state index in [1.54, 1.807) is 7.11 Å². The number of pyridine rings is 1. The molecule has 0 spiro atoms. The van der Waals surface area contributed by atoms with Crippen LogP contribution in [-0.2, 0) is 10.6 Å². The first kappa shape index (κ1) is 12.7. The molecule has 0 bridgehead atoms. The van der Waals surface area contributed by atoms with Crippen molar-refractivity contribution < 1.29 is 4.74 Å². The van der Waals surface area contributed by atoms with E-state index in [0.29, 0.717) is 12.0 Å². The van der Waals surface area contributed by atoms with E-state index in [1.807, 2.05) is 13.0 Å². The van der Waals surface area contributed by atoms with Crippen LogP contribution in [0.1, 0.15) is 24.1 Å². The maximum atomic E-state index is 5.89. The van der Waals surface area contributed by atoms with Gasteiger partial charge in [0.1, 0.15) is 5.82 Å². The summed E-state index contributed by atoms with van der Waals surface area (Å²) < 4.78 is 5.38. The second-order valence-electron chi connectivity index (χ2n) is 4.53. The van der Waals surface area contributed by atoms with E-state index < -0.39 is 0 Å². The Morgan fingerprint density at radius 3 is 2.71 bits per heavy atom. The van der Waals surface area contributed by atoms with E-state index in [0.717, 1.165) is 43.0 Å². The zero-order chi connectivity index (χ0) is 12.3. The molecule has 4 heteroatoms. The number of aryl methyl sites for hydroxylation is 1. The molecule has 2 rings (SSSR count). The van der Waals surface area contributed by atoms with Gasteiger partial charge in [-0.2, -0.15) is 0 Å². The summed E-state index contributed by atoms with van der Waals surface area (Å²) in [5.74, 6) is 1.60. The number of piperidine rings is 1. The summed E-state index contributed by atoms with van der Waals surface area (Å²) in [4.78, 5) is 6.90. The van der Waals surface area contributed by atoms with Gasteiger partial charge in [-0.05, 0) is 37.5 Å². The molecule has 1 aromatic heterocycles. The minimum Gasteiger partial charge on any atom is -0.381 e. The number of nitrogens with zero attached hydrogens (tertiary/aromatic N) is 2. The SMILES string of the molecule is COC1CCN(c2cc(CCl)cc(C)n2)CC1. The van der Waals surface area contributed by atoms with Crippen molar-refractivity contribution in [3.8, 4) is 0 Å². The summed E-state index contributed by atoms with van der Waals surface area (Å²) in [5, 5.41) is 0. The van der Waals surface area contributed by atoms with Gasteiger partial charge < -0.3 is 9.64 Å². The minimum atomic E-state index is 0.406. The molecule has 1 aliphatic rings. The van der Waals surface area contributed by atoms with E-state index in [2.05, 4.69) is 16.0 Å². The summed E-state index contributed by atoms with van der Waals surface area (Å²) >= 11 is 5.89. The van der Waals surface area contributed by atoms with Gasteiger partial charge in [-0.3, -0.25) is 0 Å². The van der Waals surface area contributed by atoms with E-state index in [-0.39, 0.29) is 0 Å². The molecule has 0 N–H and O–H groups in total. The molecule has 2 heterocycles. The predicted molar refractivity (Wildman–Crippen MR) is 70.8 cm³/mol. The van der Waals surface area contributed by atoms with Crippen LogP contribution in [0.5, 0.6) is 0 Å². The van der Waals surface area contributed by atoms with Gasteiger partial charge in [-0.25, -0.2) is 4.98 Å². The molecule has 0 aromatic carbocycles. The third-order valence-electron chi connectivity index (χ3n) is 3.25. The Morgan fingerprint density at radius 1 is 1.41 bits per heavy atom. The van der Waals surface area contributed by atoms with Crippen molar-refractivity contribution in [1.82, 2.24) is 4.98 Å². The number of rotatable bonds is 3. The molecule has 1 aromatic rings. The number of halogens is 1. The maximum Gasteiger partial charge on any atom is 0.129 e. The van der Waals surface area contributed by atoms with Gasteiger partial charge in [-0.1, -0.05) is 0 Å². The molecule has 3 nitrogen and oxygen atoms in total.